The zero-order chi connectivity index (χ0) is 14.5. The fraction of sp³-hybridized carbons (Fsp3) is 0.214. The predicted molar refractivity (Wildman–Crippen MR) is 74.1 cm³/mol. The molecule has 0 atom stereocenters. The van der Waals surface area contributed by atoms with Gasteiger partial charge in [0, 0.05) is 11.5 Å². The summed E-state index contributed by atoms with van der Waals surface area (Å²) in [5.74, 6) is 0.153. The van der Waals surface area contributed by atoms with Crippen LogP contribution in [0.5, 0.6) is 0 Å². The van der Waals surface area contributed by atoms with Gasteiger partial charge < -0.3 is 4.42 Å². The molecular formula is C14H13FN2O2S. The normalized spacial score (nSPS) is 11.4. The van der Waals surface area contributed by atoms with Crippen LogP contribution in [0.1, 0.15) is 36.0 Å². The molecule has 20 heavy (non-hydrogen) atoms. The fourth-order valence-corrected chi connectivity index (χ4v) is 1.90. The van der Waals surface area contributed by atoms with E-state index in [0.29, 0.717) is 16.7 Å². The lowest BCUT2D eigenvalue weighted by molar-refractivity contribution is 0.104. The van der Waals surface area contributed by atoms with E-state index in [2.05, 4.69) is 10.2 Å². The summed E-state index contributed by atoms with van der Waals surface area (Å²) in [5.41, 5.74) is 0.427. The molecular weight excluding hydrogens is 279 g/mol. The van der Waals surface area contributed by atoms with Crippen LogP contribution in [0.4, 0.5) is 4.39 Å². The maximum atomic E-state index is 12.7. The Labute approximate surface area is 120 Å². The van der Waals surface area contributed by atoms with E-state index in [-0.39, 0.29) is 17.5 Å². The van der Waals surface area contributed by atoms with E-state index < -0.39 is 0 Å². The second kappa shape index (κ2) is 6.47. The number of benzene rings is 1. The number of carbonyl (C=O) groups is 1. The van der Waals surface area contributed by atoms with E-state index in [1.54, 1.807) is 5.41 Å². The van der Waals surface area contributed by atoms with Gasteiger partial charge in [-0.05, 0) is 47.5 Å². The van der Waals surface area contributed by atoms with Gasteiger partial charge >= 0.3 is 0 Å². The van der Waals surface area contributed by atoms with E-state index in [9.17, 15) is 9.18 Å². The van der Waals surface area contributed by atoms with Crippen molar-refractivity contribution in [3.63, 3.8) is 0 Å². The highest BCUT2D eigenvalue weighted by Crippen LogP contribution is 2.21. The molecule has 2 aromatic rings. The molecule has 0 radical (unpaired) electrons. The van der Waals surface area contributed by atoms with Crippen LogP contribution in [0, 0.1) is 5.82 Å². The van der Waals surface area contributed by atoms with Crippen molar-refractivity contribution in [3.05, 3.63) is 53.0 Å². The molecule has 0 spiro atoms. The van der Waals surface area contributed by atoms with E-state index in [4.69, 9.17) is 4.42 Å². The number of thioether (sulfide) groups is 1. The second-order valence-electron chi connectivity index (χ2n) is 4.35. The van der Waals surface area contributed by atoms with Gasteiger partial charge in [-0.1, -0.05) is 13.8 Å². The minimum Gasteiger partial charge on any atom is -0.415 e. The number of allylic oxidation sites excluding steroid dienone is 1. The molecule has 1 aromatic carbocycles. The van der Waals surface area contributed by atoms with Crippen LogP contribution in [0.15, 0.2) is 45.4 Å². The summed E-state index contributed by atoms with van der Waals surface area (Å²) < 4.78 is 18.1. The predicted octanol–water partition coefficient (Wildman–Crippen LogP) is 3.82. The van der Waals surface area contributed by atoms with Crippen LogP contribution < -0.4 is 0 Å². The molecule has 0 saturated heterocycles. The Kier molecular flexibility index (Phi) is 4.68. The number of halogens is 1. The molecule has 0 aliphatic rings. The number of ketones is 1. The van der Waals surface area contributed by atoms with Gasteiger partial charge in [-0.25, -0.2) is 4.39 Å². The molecule has 1 aromatic heterocycles. The van der Waals surface area contributed by atoms with Crippen molar-refractivity contribution in [2.24, 2.45) is 0 Å². The van der Waals surface area contributed by atoms with E-state index >= 15 is 0 Å². The van der Waals surface area contributed by atoms with Crippen molar-refractivity contribution in [1.29, 1.82) is 0 Å². The summed E-state index contributed by atoms with van der Waals surface area (Å²) in [6.07, 6.45) is 1.39. The Morgan fingerprint density at radius 2 is 2.00 bits per heavy atom. The number of hydrogen-bond acceptors (Lipinski definition) is 5. The van der Waals surface area contributed by atoms with Crippen molar-refractivity contribution in [2.45, 2.75) is 25.0 Å². The Bertz CT molecular complexity index is 620. The maximum absolute atomic E-state index is 12.7. The molecule has 6 heteroatoms. The van der Waals surface area contributed by atoms with Gasteiger partial charge in [0.15, 0.2) is 5.78 Å². The van der Waals surface area contributed by atoms with Gasteiger partial charge in [-0.15, -0.1) is 10.2 Å². The van der Waals surface area contributed by atoms with Gasteiger partial charge in [-0.2, -0.15) is 0 Å². The number of aromatic nitrogens is 2. The van der Waals surface area contributed by atoms with E-state index in [1.807, 2.05) is 13.8 Å². The average Bonchev–Trinajstić information content (AvgIpc) is 2.88. The second-order valence-corrected chi connectivity index (χ2v) is 5.21. The molecule has 0 aliphatic heterocycles. The first-order valence-electron chi connectivity index (χ1n) is 6.03. The third kappa shape index (κ3) is 3.77. The largest absolute Gasteiger partial charge is 0.415 e. The number of carbonyl (C=O) groups excluding carboxylic acids is 1. The SMILES string of the molecule is CC(C)c1nnc(S/C=C/C(=O)c2ccc(F)cc2)o1. The molecule has 104 valence electrons. The highest BCUT2D eigenvalue weighted by Gasteiger charge is 2.09. The summed E-state index contributed by atoms with van der Waals surface area (Å²) in [5, 5.41) is 9.69. The Morgan fingerprint density at radius 1 is 1.30 bits per heavy atom. The minimum absolute atomic E-state index is 0.168. The van der Waals surface area contributed by atoms with Crippen LogP contribution in [0.3, 0.4) is 0 Å². The molecule has 0 aliphatic carbocycles. The first kappa shape index (κ1) is 14.5. The lowest BCUT2D eigenvalue weighted by atomic mass is 10.1. The molecule has 0 N–H and O–H groups in total. The first-order chi connectivity index (χ1) is 9.56. The van der Waals surface area contributed by atoms with E-state index in [1.165, 1.54) is 42.1 Å². The molecule has 0 amide bonds. The van der Waals surface area contributed by atoms with Crippen LogP contribution in [0.25, 0.3) is 0 Å². The van der Waals surface area contributed by atoms with Crippen molar-refractivity contribution < 1.29 is 13.6 Å². The quantitative estimate of drug-likeness (QED) is 0.476. The summed E-state index contributed by atoms with van der Waals surface area (Å²) in [4.78, 5) is 11.8. The standard InChI is InChI=1S/C14H13FN2O2S/c1-9(2)13-16-17-14(19-13)20-8-7-12(18)10-3-5-11(15)6-4-10/h3-9H,1-2H3/b8-7+. The molecule has 0 fully saturated rings. The van der Waals surface area contributed by atoms with Crippen LogP contribution >= 0.6 is 11.8 Å². The maximum Gasteiger partial charge on any atom is 0.280 e. The zero-order valence-corrected chi connectivity index (χ0v) is 11.9. The molecule has 4 nitrogen and oxygen atoms in total. The molecule has 0 unspecified atom stereocenters. The van der Waals surface area contributed by atoms with Crippen LogP contribution in [0.2, 0.25) is 0 Å². The lowest BCUT2D eigenvalue weighted by Crippen LogP contribution is -1.93. The van der Waals surface area contributed by atoms with Gasteiger partial charge in [0.05, 0.1) is 0 Å². The Morgan fingerprint density at radius 3 is 2.60 bits per heavy atom. The Hall–Kier alpha value is -1.95. The highest BCUT2D eigenvalue weighted by molar-refractivity contribution is 8.01. The number of rotatable bonds is 5. The monoisotopic (exact) mass is 292 g/mol. The Balaban J connectivity index is 1.95. The minimum atomic E-state index is -0.369. The van der Waals surface area contributed by atoms with Crippen LogP contribution in [-0.4, -0.2) is 16.0 Å². The van der Waals surface area contributed by atoms with Crippen molar-refractivity contribution in [3.8, 4) is 0 Å². The smallest absolute Gasteiger partial charge is 0.280 e. The molecule has 0 saturated carbocycles. The average molecular weight is 292 g/mol. The summed E-state index contributed by atoms with van der Waals surface area (Å²) in [6.45, 7) is 3.91. The summed E-state index contributed by atoms with van der Waals surface area (Å²) in [7, 11) is 0. The fourth-order valence-electron chi connectivity index (χ4n) is 1.37. The lowest BCUT2D eigenvalue weighted by Gasteiger charge is -1.95. The number of hydrogen-bond donors (Lipinski definition) is 0. The van der Waals surface area contributed by atoms with Gasteiger partial charge in [0.25, 0.3) is 5.22 Å². The summed E-state index contributed by atoms with van der Waals surface area (Å²) in [6, 6.07) is 5.38. The summed E-state index contributed by atoms with van der Waals surface area (Å²) >= 11 is 1.17. The molecule has 0 bridgehead atoms. The third-order valence-electron chi connectivity index (χ3n) is 2.43. The topological polar surface area (TPSA) is 56.0 Å². The molecule has 2 rings (SSSR count). The third-order valence-corrected chi connectivity index (χ3v) is 3.07. The van der Waals surface area contributed by atoms with Crippen LogP contribution in [-0.2, 0) is 0 Å². The first-order valence-corrected chi connectivity index (χ1v) is 6.90. The van der Waals surface area contributed by atoms with Gasteiger partial charge in [-0.3, -0.25) is 4.79 Å². The van der Waals surface area contributed by atoms with Gasteiger partial charge in [0.1, 0.15) is 5.82 Å². The van der Waals surface area contributed by atoms with E-state index in [0.717, 1.165) is 0 Å². The van der Waals surface area contributed by atoms with Gasteiger partial charge in [0.2, 0.25) is 5.89 Å². The van der Waals surface area contributed by atoms with Crippen molar-refractivity contribution >= 4 is 17.5 Å². The highest BCUT2D eigenvalue weighted by atomic mass is 32.2. The zero-order valence-electron chi connectivity index (χ0n) is 11.0. The van der Waals surface area contributed by atoms with Crippen molar-refractivity contribution in [1.82, 2.24) is 10.2 Å². The number of nitrogens with zero attached hydrogens (tertiary/aromatic N) is 2. The molecule has 1 heterocycles. The van der Waals surface area contributed by atoms with Crippen molar-refractivity contribution in [2.75, 3.05) is 0 Å².